The molecule has 0 spiro atoms. The Bertz CT molecular complexity index is 759. The zero-order valence-electron chi connectivity index (χ0n) is 18.0. The van der Waals surface area contributed by atoms with Crippen LogP contribution in [0.15, 0.2) is 23.2 Å². The topological polar surface area (TPSA) is 91.8 Å². The maximum Gasteiger partial charge on any atom is 0.211 e. The Morgan fingerprint density at radius 2 is 1.93 bits per heavy atom. The average molecular weight is 425 g/mol. The minimum Gasteiger partial charge on any atom is -0.490 e. The number of benzene rings is 1. The Kier molecular flexibility index (Phi) is 9.73. The standard InChI is InChI=1S/C21H36N4O3S/c1-4-22-21(23-13-8-14-25-29(26,27)5-2)24-16-18-12-11-17(3)15-20(18)28-19-9-6-7-10-19/h11-12,15,19,25H,4-10,13-14,16H2,1-3H3,(H2,22,23,24). The van der Waals surface area contributed by atoms with E-state index in [9.17, 15) is 8.42 Å². The van der Waals surface area contributed by atoms with Crippen LogP contribution < -0.4 is 20.1 Å². The lowest BCUT2D eigenvalue weighted by atomic mass is 10.1. The summed E-state index contributed by atoms with van der Waals surface area (Å²) in [7, 11) is -3.13. The van der Waals surface area contributed by atoms with E-state index in [1.807, 2.05) is 6.92 Å². The molecule has 164 valence electrons. The number of nitrogens with one attached hydrogen (secondary N) is 3. The number of ether oxygens (including phenoxy) is 1. The van der Waals surface area contributed by atoms with Crippen molar-refractivity contribution < 1.29 is 13.2 Å². The lowest BCUT2D eigenvalue weighted by Gasteiger charge is -2.17. The van der Waals surface area contributed by atoms with E-state index in [1.165, 1.54) is 18.4 Å². The predicted molar refractivity (Wildman–Crippen MR) is 119 cm³/mol. The molecule has 7 nitrogen and oxygen atoms in total. The number of hydrogen-bond acceptors (Lipinski definition) is 4. The monoisotopic (exact) mass is 424 g/mol. The first kappa shape index (κ1) is 23.5. The van der Waals surface area contributed by atoms with Crippen molar-refractivity contribution >= 4 is 16.0 Å². The molecule has 1 saturated carbocycles. The Morgan fingerprint density at radius 1 is 1.17 bits per heavy atom. The molecule has 1 aliphatic carbocycles. The third kappa shape index (κ3) is 8.62. The van der Waals surface area contributed by atoms with E-state index < -0.39 is 10.0 Å². The number of hydrogen-bond donors (Lipinski definition) is 3. The van der Waals surface area contributed by atoms with Crippen LogP contribution in [0.4, 0.5) is 0 Å². The summed E-state index contributed by atoms with van der Waals surface area (Å²) in [5.41, 5.74) is 2.26. The lowest BCUT2D eigenvalue weighted by molar-refractivity contribution is 0.208. The van der Waals surface area contributed by atoms with Crippen molar-refractivity contribution in [3.05, 3.63) is 29.3 Å². The maximum absolute atomic E-state index is 11.5. The normalized spacial score (nSPS) is 15.5. The van der Waals surface area contributed by atoms with Gasteiger partial charge >= 0.3 is 0 Å². The van der Waals surface area contributed by atoms with Crippen LogP contribution >= 0.6 is 0 Å². The molecule has 3 N–H and O–H groups in total. The highest BCUT2D eigenvalue weighted by atomic mass is 32.2. The van der Waals surface area contributed by atoms with Crippen molar-refractivity contribution in [3.8, 4) is 5.75 Å². The molecule has 0 heterocycles. The van der Waals surface area contributed by atoms with E-state index >= 15 is 0 Å². The predicted octanol–water partition coefficient (Wildman–Crippen LogP) is 2.70. The third-order valence-corrected chi connectivity index (χ3v) is 6.32. The number of aliphatic imine (C=N–C) groups is 1. The van der Waals surface area contributed by atoms with Crippen LogP contribution in [-0.4, -0.2) is 45.9 Å². The highest BCUT2D eigenvalue weighted by Crippen LogP contribution is 2.28. The van der Waals surface area contributed by atoms with Gasteiger partial charge in [0.05, 0.1) is 18.4 Å². The van der Waals surface area contributed by atoms with Gasteiger partial charge in [0.1, 0.15) is 5.75 Å². The number of sulfonamides is 1. The molecule has 1 aromatic carbocycles. The molecule has 1 aliphatic rings. The Morgan fingerprint density at radius 3 is 2.62 bits per heavy atom. The second-order valence-electron chi connectivity index (χ2n) is 7.41. The molecular weight excluding hydrogens is 388 g/mol. The molecule has 1 fully saturated rings. The Balaban J connectivity index is 1.91. The molecule has 0 aromatic heterocycles. The smallest absolute Gasteiger partial charge is 0.211 e. The van der Waals surface area contributed by atoms with Gasteiger partial charge in [0, 0.05) is 25.2 Å². The maximum atomic E-state index is 11.5. The molecule has 0 atom stereocenters. The minimum atomic E-state index is -3.13. The van der Waals surface area contributed by atoms with Crippen LogP contribution in [0.2, 0.25) is 0 Å². The van der Waals surface area contributed by atoms with Crippen LogP contribution in [0, 0.1) is 6.92 Å². The highest BCUT2D eigenvalue weighted by Gasteiger charge is 2.18. The fourth-order valence-electron chi connectivity index (χ4n) is 3.22. The van der Waals surface area contributed by atoms with Gasteiger partial charge in [0.2, 0.25) is 10.0 Å². The minimum absolute atomic E-state index is 0.104. The van der Waals surface area contributed by atoms with E-state index in [2.05, 4.69) is 45.5 Å². The number of nitrogens with zero attached hydrogens (tertiary/aromatic N) is 1. The molecule has 0 saturated heterocycles. The van der Waals surface area contributed by atoms with Gasteiger partial charge in [-0.3, -0.25) is 0 Å². The van der Waals surface area contributed by atoms with Gasteiger partial charge in [-0.2, -0.15) is 0 Å². The molecule has 0 unspecified atom stereocenters. The molecule has 0 bridgehead atoms. The molecule has 0 amide bonds. The fraction of sp³-hybridized carbons (Fsp3) is 0.667. The van der Waals surface area contributed by atoms with Crippen LogP contribution in [-0.2, 0) is 16.6 Å². The zero-order chi connectivity index (χ0) is 21.1. The van der Waals surface area contributed by atoms with Gasteiger partial charge in [-0.1, -0.05) is 12.1 Å². The van der Waals surface area contributed by atoms with Gasteiger partial charge in [-0.15, -0.1) is 0 Å². The van der Waals surface area contributed by atoms with Gasteiger partial charge < -0.3 is 15.4 Å². The van der Waals surface area contributed by atoms with Crippen LogP contribution in [0.5, 0.6) is 5.75 Å². The molecule has 1 aromatic rings. The van der Waals surface area contributed by atoms with Crippen LogP contribution in [0.1, 0.15) is 57.1 Å². The van der Waals surface area contributed by atoms with Crippen LogP contribution in [0.3, 0.4) is 0 Å². The van der Waals surface area contributed by atoms with Gasteiger partial charge in [-0.25, -0.2) is 18.1 Å². The SMILES string of the molecule is CCNC(=NCc1ccc(C)cc1OC1CCCC1)NCCCNS(=O)(=O)CC. The van der Waals surface area contributed by atoms with E-state index in [0.29, 0.717) is 32.2 Å². The lowest BCUT2D eigenvalue weighted by Crippen LogP contribution is -2.38. The second-order valence-corrected chi connectivity index (χ2v) is 9.50. The Hall–Kier alpha value is -1.80. The molecular formula is C21H36N4O3S. The van der Waals surface area contributed by atoms with Gasteiger partial charge in [0.25, 0.3) is 0 Å². The number of rotatable bonds is 11. The van der Waals surface area contributed by atoms with Crippen molar-refractivity contribution in [2.75, 3.05) is 25.4 Å². The summed E-state index contributed by atoms with van der Waals surface area (Å²) in [6.45, 7) is 8.07. The van der Waals surface area contributed by atoms with Crippen molar-refractivity contribution in [3.63, 3.8) is 0 Å². The summed E-state index contributed by atoms with van der Waals surface area (Å²) < 4.78 is 31.8. The zero-order valence-corrected chi connectivity index (χ0v) is 18.8. The quantitative estimate of drug-likeness (QED) is 0.289. The molecule has 0 aliphatic heterocycles. The summed E-state index contributed by atoms with van der Waals surface area (Å²) in [5.74, 6) is 1.76. The molecule has 8 heteroatoms. The van der Waals surface area contributed by atoms with Crippen LogP contribution in [0.25, 0.3) is 0 Å². The summed E-state index contributed by atoms with van der Waals surface area (Å²) >= 11 is 0. The molecule has 29 heavy (non-hydrogen) atoms. The summed E-state index contributed by atoms with van der Waals surface area (Å²) in [4.78, 5) is 4.69. The van der Waals surface area contributed by atoms with E-state index in [0.717, 1.165) is 36.7 Å². The van der Waals surface area contributed by atoms with Crippen molar-refractivity contribution in [2.24, 2.45) is 4.99 Å². The number of aryl methyl sites for hydroxylation is 1. The van der Waals surface area contributed by atoms with Crippen molar-refractivity contribution in [1.29, 1.82) is 0 Å². The fourth-order valence-corrected chi connectivity index (χ4v) is 3.88. The van der Waals surface area contributed by atoms with E-state index in [-0.39, 0.29) is 5.75 Å². The first-order valence-corrected chi connectivity index (χ1v) is 12.3. The molecule has 0 radical (unpaired) electrons. The highest BCUT2D eigenvalue weighted by molar-refractivity contribution is 7.89. The summed E-state index contributed by atoms with van der Waals surface area (Å²) in [6.07, 6.45) is 5.74. The number of guanidine groups is 1. The van der Waals surface area contributed by atoms with Gasteiger partial charge in [0.15, 0.2) is 5.96 Å². The van der Waals surface area contributed by atoms with E-state index in [1.54, 1.807) is 6.92 Å². The second kappa shape index (κ2) is 12.0. The van der Waals surface area contributed by atoms with Crippen molar-refractivity contribution in [1.82, 2.24) is 15.4 Å². The molecule has 2 rings (SSSR count). The average Bonchev–Trinajstić information content (AvgIpc) is 3.20. The first-order chi connectivity index (χ1) is 13.9. The Labute approximate surface area is 175 Å². The summed E-state index contributed by atoms with van der Waals surface area (Å²) in [6, 6.07) is 6.28. The van der Waals surface area contributed by atoms with Crippen molar-refractivity contribution in [2.45, 2.75) is 65.5 Å². The third-order valence-electron chi connectivity index (χ3n) is 4.92. The van der Waals surface area contributed by atoms with E-state index in [4.69, 9.17) is 4.74 Å². The van der Waals surface area contributed by atoms with Gasteiger partial charge in [-0.05, 0) is 64.5 Å². The largest absolute Gasteiger partial charge is 0.490 e. The summed E-state index contributed by atoms with van der Waals surface area (Å²) in [5, 5.41) is 6.50. The first-order valence-electron chi connectivity index (χ1n) is 10.7.